The highest BCUT2D eigenvalue weighted by molar-refractivity contribution is 8.00. The zero-order chi connectivity index (χ0) is 9.56. The molecule has 3 heteroatoms. The van der Waals surface area contributed by atoms with Crippen molar-refractivity contribution in [3.05, 3.63) is 0 Å². The molecule has 2 nitrogen and oxygen atoms in total. The fourth-order valence-electron chi connectivity index (χ4n) is 1.10. The summed E-state index contributed by atoms with van der Waals surface area (Å²) in [5.74, 6) is 0.242. The number of carbonyl (C=O) groups excluding carboxylic acids is 1. The summed E-state index contributed by atoms with van der Waals surface area (Å²) < 4.78 is 0. The van der Waals surface area contributed by atoms with Crippen LogP contribution in [0, 0.1) is 0 Å². The lowest BCUT2D eigenvalue weighted by Gasteiger charge is -2.14. The largest absolute Gasteiger partial charge is 0.396 e. The van der Waals surface area contributed by atoms with Crippen molar-refractivity contribution in [1.29, 1.82) is 0 Å². The number of rotatable bonds is 6. The molecular weight excluding hydrogens is 172 g/mol. The molecule has 0 aromatic carbocycles. The quantitative estimate of drug-likeness (QED) is 0.694. The second-order valence-electron chi connectivity index (χ2n) is 3.18. The van der Waals surface area contributed by atoms with E-state index in [0.29, 0.717) is 16.9 Å². The van der Waals surface area contributed by atoms with Crippen LogP contribution in [0.4, 0.5) is 0 Å². The molecule has 0 aromatic heterocycles. The van der Waals surface area contributed by atoms with Gasteiger partial charge in [-0.25, -0.2) is 0 Å². The molecule has 0 rings (SSSR count). The van der Waals surface area contributed by atoms with Crippen molar-refractivity contribution in [3.63, 3.8) is 0 Å². The first kappa shape index (κ1) is 12.0. The topological polar surface area (TPSA) is 37.3 Å². The number of Topliss-reactive ketones (excluding diaryl/α,β-unsaturated/α-hetero) is 1. The van der Waals surface area contributed by atoms with Crippen LogP contribution in [0.3, 0.4) is 0 Å². The number of aliphatic hydroxyl groups is 1. The van der Waals surface area contributed by atoms with Gasteiger partial charge in [-0.05, 0) is 13.3 Å². The highest BCUT2D eigenvalue weighted by Crippen LogP contribution is 2.22. The molecule has 0 heterocycles. The molecule has 72 valence electrons. The lowest BCUT2D eigenvalue weighted by atomic mass is 10.2. The molecule has 2 unspecified atom stereocenters. The highest BCUT2D eigenvalue weighted by atomic mass is 32.2. The van der Waals surface area contributed by atoms with Crippen molar-refractivity contribution in [2.75, 3.05) is 6.61 Å². The van der Waals surface area contributed by atoms with Crippen LogP contribution in [0.25, 0.3) is 0 Å². The molecule has 0 aliphatic carbocycles. The Bertz CT molecular complexity index is 136. The molecule has 0 fully saturated rings. The Hall–Kier alpha value is -0.0200. The second kappa shape index (κ2) is 6.49. The molecule has 1 N–H and O–H groups in total. The van der Waals surface area contributed by atoms with E-state index in [4.69, 9.17) is 5.11 Å². The molecule has 0 aromatic rings. The van der Waals surface area contributed by atoms with Gasteiger partial charge in [-0.1, -0.05) is 13.8 Å². The predicted octanol–water partition coefficient (Wildman–Crippen LogP) is 1.86. The summed E-state index contributed by atoms with van der Waals surface area (Å²) in [5.41, 5.74) is 0. The number of hydrogen-bond acceptors (Lipinski definition) is 3. The fraction of sp³-hybridized carbons (Fsp3) is 0.889. The minimum absolute atomic E-state index is 0.237. The summed E-state index contributed by atoms with van der Waals surface area (Å²) in [4.78, 5) is 10.7. The van der Waals surface area contributed by atoms with E-state index >= 15 is 0 Å². The van der Waals surface area contributed by atoms with Crippen LogP contribution in [0.2, 0.25) is 0 Å². The number of carbonyl (C=O) groups is 1. The highest BCUT2D eigenvalue weighted by Gasteiger charge is 2.10. The van der Waals surface area contributed by atoms with Gasteiger partial charge in [0.1, 0.15) is 5.78 Å². The molecule has 0 amide bonds. The molecule has 0 aliphatic heterocycles. The van der Waals surface area contributed by atoms with Crippen LogP contribution in [-0.2, 0) is 4.79 Å². The maximum Gasteiger partial charge on any atom is 0.130 e. The van der Waals surface area contributed by atoms with Crippen molar-refractivity contribution in [2.45, 2.75) is 44.1 Å². The smallest absolute Gasteiger partial charge is 0.130 e. The summed E-state index contributed by atoms with van der Waals surface area (Å²) in [5, 5.41) is 9.48. The fourth-order valence-corrected chi connectivity index (χ4v) is 2.46. The van der Waals surface area contributed by atoms with Crippen molar-refractivity contribution >= 4 is 17.5 Å². The van der Waals surface area contributed by atoms with Crippen molar-refractivity contribution in [2.24, 2.45) is 0 Å². The number of aliphatic hydroxyl groups excluding tert-OH is 1. The first-order valence-electron chi connectivity index (χ1n) is 4.32. The number of ketones is 1. The molecular formula is C9H18O2S. The maximum absolute atomic E-state index is 10.7. The monoisotopic (exact) mass is 190 g/mol. The van der Waals surface area contributed by atoms with Crippen LogP contribution in [0.15, 0.2) is 0 Å². The SMILES string of the molecule is CC(=O)CC(C)SC(C)CCO. The third-order valence-electron chi connectivity index (χ3n) is 1.58. The van der Waals surface area contributed by atoms with Crippen molar-refractivity contribution in [3.8, 4) is 0 Å². The summed E-state index contributed by atoms with van der Waals surface area (Å²) in [6.45, 7) is 5.99. The first-order valence-corrected chi connectivity index (χ1v) is 5.26. The minimum atomic E-state index is 0.237. The molecule has 0 aliphatic rings. The lowest BCUT2D eigenvalue weighted by Crippen LogP contribution is -2.09. The molecule has 12 heavy (non-hydrogen) atoms. The van der Waals surface area contributed by atoms with Crippen molar-refractivity contribution < 1.29 is 9.90 Å². The van der Waals surface area contributed by atoms with Gasteiger partial charge in [0.25, 0.3) is 0 Å². The molecule has 2 atom stereocenters. The van der Waals surface area contributed by atoms with E-state index in [1.807, 2.05) is 0 Å². The minimum Gasteiger partial charge on any atom is -0.396 e. The van der Waals surface area contributed by atoms with Crippen LogP contribution in [0.1, 0.15) is 33.6 Å². The zero-order valence-electron chi connectivity index (χ0n) is 8.04. The van der Waals surface area contributed by atoms with Gasteiger partial charge >= 0.3 is 0 Å². The van der Waals surface area contributed by atoms with Gasteiger partial charge in [-0.15, -0.1) is 0 Å². The van der Waals surface area contributed by atoms with Gasteiger partial charge in [0, 0.05) is 23.5 Å². The first-order chi connectivity index (χ1) is 5.56. The second-order valence-corrected chi connectivity index (χ2v) is 5.06. The molecule has 0 saturated carbocycles. The Morgan fingerprint density at radius 3 is 2.42 bits per heavy atom. The summed E-state index contributed by atoms with van der Waals surface area (Å²) in [7, 11) is 0. The van der Waals surface area contributed by atoms with Gasteiger partial charge in [-0.2, -0.15) is 11.8 Å². The average Bonchev–Trinajstić information content (AvgIpc) is 1.84. The van der Waals surface area contributed by atoms with E-state index in [2.05, 4.69) is 13.8 Å². The molecule has 0 radical (unpaired) electrons. The van der Waals surface area contributed by atoms with E-state index in [1.165, 1.54) is 0 Å². The van der Waals surface area contributed by atoms with Crippen LogP contribution in [0.5, 0.6) is 0 Å². The predicted molar refractivity (Wildman–Crippen MR) is 53.5 cm³/mol. The zero-order valence-corrected chi connectivity index (χ0v) is 8.86. The van der Waals surface area contributed by atoms with Gasteiger partial charge in [-0.3, -0.25) is 4.79 Å². The van der Waals surface area contributed by atoms with Crippen molar-refractivity contribution in [1.82, 2.24) is 0 Å². The summed E-state index contributed by atoms with van der Waals surface area (Å²) >= 11 is 1.77. The van der Waals surface area contributed by atoms with Gasteiger partial charge < -0.3 is 5.11 Å². The Kier molecular flexibility index (Phi) is 6.48. The number of thioether (sulfide) groups is 1. The standard InChI is InChI=1S/C9H18O2S/c1-7(11)6-9(3)12-8(2)4-5-10/h8-10H,4-6H2,1-3H3. The lowest BCUT2D eigenvalue weighted by molar-refractivity contribution is -0.116. The maximum atomic E-state index is 10.7. The van der Waals surface area contributed by atoms with Gasteiger partial charge in [0.05, 0.1) is 0 Å². The van der Waals surface area contributed by atoms with Gasteiger partial charge in [0.2, 0.25) is 0 Å². The molecule has 0 saturated heterocycles. The normalized spacial score (nSPS) is 15.7. The Labute approximate surface area is 78.7 Å². The number of hydrogen-bond donors (Lipinski definition) is 1. The summed E-state index contributed by atoms with van der Waals surface area (Å²) in [6, 6.07) is 0. The van der Waals surface area contributed by atoms with Crippen LogP contribution in [-0.4, -0.2) is 28.0 Å². The van der Waals surface area contributed by atoms with E-state index in [-0.39, 0.29) is 12.4 Å². The Balaban J connectivity index is 3.53. The average molecular weight is 190 g/mol. The van der Waals surface area contributed by atoms with E-state index < -0.39 is 0 Å². The van der Waals surface area contributed by atoms with E-state index in [0.717, 1.165) is 6.42 Å². The van der Waals surface area contributed by atoms with E-state index in [1.54, 1.807) is 18.7 Å². The van der Waals surface area contributed by atoms with E-state index in [9.17, 15) is 4.79 Å². The molecule has 0 bridgehead atoms. The van der Waals surface area contributed by atoms with Crippen LogP contribution < -0.4 is 0 Å². The third-order valence-corrected chi connectivity index (χ3v) is 2.91. The summed E-state index contributed by atoms with van der Waals surface area (Å²) in [6.07, 6.45) is 1.45. The van der Waals surface area contributed by atoms with Gasteiger partial charge in [0.15, 0.2) is 0 Å². The Morgan fingerprint density at radius 1 is 1.42 bits per heavy atom. The Morgan fingerprint density at radius 2 is 2.00 bits per heavy atom. The third kappa shape index (κ3) is 6.68. The molecule has 0 spiro atoms. The van der Waals surface area contributed by atoms with Crippen LogP contribution >= 0.6 is 11.8 Å².